The first-order chi connectivity index (χ1) is 7.75. The van der Waals surface area contributed by atoms with Crippen LogP contribution in [0.2, 0.25) is 0 Å². The zero-order chi connectivity index (χ0) is 11.4. The van der Waals surface area contributed by atoms with Gasteiger partial charge in [-0.3, -0.25) is 4.98 Å². The zero-order valence-corrected chi connectivity index (χ0v) is 8.68. The maximum atomic E-state index is 12.6. The lowest BCUT2D eigenvalue weighted by atomic mass is 10.0. The van der Waals surface area contributed by atoms with Gasteiger partial charge in [-0.2, -0.15) is 0 Å². The molecular formula is C13H12FNO. The van der Waals surface area contributed by atoms with E-state index in [1.54, 1.807) is 6.07 Å². The molecule has 0 aliphatic heterocycles. The summed E-state index contributed by atoms with van der Waals surface area (Å²) in [7, 11) is 0. The van der Waals surface area contributed by atoms with Gasteiger partial charge >= 0.3 is 0 Å². The fourth-order valence-corrected chi connectivity index (χ4v) is 1.52. The summed E-state index contributed by atoms with van der Waals surface area (Å²) < 4.78 is 12.6. The lowest BCUT2D eigenvalue weighted by molar-refractivity contribution is 0.177. The van der Waals surface area contributed by atoms with Crippen molar-refractivity contribution >= 4 is 0 Å². The van der Waals surface area contributed by atoms with E-state index < -0.39 is 6.10 Å². The van der Waals surface area contributed by atoms with Crippen LogP contribution in [0.1, 0.15) is 17.4 Å². The molecule has 0 aliphatic carbocycles. The summed E-state index contributed by atoms with van der Waals surface area (Å²) in [4.78, 5) is 3.91. The van der Waals surface area contributed by atoms with E-state index in [1.807, 2.05) is 30.3 Å². The predicted molar refractivity (Wildman–Crippen MR) is 59.3 cm³/mol. The normalized spacial score (nSPS) is 12.4. The van der Waals surface area contributed by atoms with Crippen LogP contribution in [0.4, 0.5) is 4.39 Å². The molecule has 2 nitrogen and oxygen atoms in total. The Morgan fingerprint density at radius 2 is 1.88 bits per heavy atom. The van der Waals surface area contributed by atoms with Crippen LogP contribution >= 0.6 is 0 Å². The van der Waals surface area contributed by atoms with Crippen LogP contribution in [0.25, 0.3) is 0 Å². The lowest BCUT2D eigenvalue weighted by Gasteiger charge is -2.09. The molecule has 1 atom stereocenters. The molecule has 1 unspecified atom stereocenters. The second-order valence-electron chi connectivity index (χ2n) is 3.60. The third kappa shape index (κ3) is 2.64. The summed E-state index contributed by atoms with van der Waals surface area (Å²) in [6, 6.07) is 12.3. The number of aliphatic hydroxyl groups excluding tert-OH is 1. The Hall–Kier alpha value is -1.74. The molecule has 0 spiro atoms. The van der Waals surface area contributed by atoms with E-state index in [0.717, 1.165) is 11.8 Å². The molecule has 16 heavy (non-hydrogen) atoms. The van der Waals surface area contributed by atoms with Crippen molar-refractivity contribution in [1.29, 1.82) is 0 Å². The first-order valence-corrected chi connectivity index (χ1v) is 5.09. The fourth-order valence-electron chi connectivity index (χ4n) is 1.52. The molecule has 0 fully saturated rings. The number of halogens is 1. The maximum absolute atomic E-state index is 12.6. The van der Waals surface area contributed by atoms with Gasteiger partial charge in [0.05, 0.1) is 12.3 Å². The molecule has 1 N–H and O–H groups in total. The quantitative estimate of drug-likeness (QED) is 0.856. The number of hydrogen-bond donors (Lipinski definition) is 1. The van der Waals surface area contributed by atoms with Crippen LogP contribution in [-0.2, 0) is 6.42 Å². The van der Waals surface area contributed by atoms with Gasteiger partial charge in [-0.1, -0.05) is 30.3 Å². The summed E-state index contributed by atoms with van der Waals surface area (Å²) in [5.74, 6) is -0.363. The van der Waals surface area contributed by atoms with Crippen LogP contribution in [-0.4, -0.2) is 10.1 Å². The fraction of sp³-hybridized carbons (Fsp3) is 0.154. The van der Waals surface area contributed by atoms with E-state index in [1.165, 1.54) is 6.07 Å². The van der Waals surface area contributed by atoms with E-state index in [9.17, 15) is 9.50 Å². The first kappa shape index (κ1) is 10.8. The molecule has 0 radical (unpaired) electrons. The van der Waals surface area contributed by atoms with E-state index >= 15 is 0 Å². The van der Waals surface area contributed by atoms with E-state index in [2.05, 4.69) is 4.98 Å². The highest BCUT2D eigenvalue weighted by atomic mass is 19.1. The Morgan fingerprint density at radius 1 is 1.12 bits per heavy atom. The summed E-state index contributed by atoms with van der Waals surface area (Å²) in [6.45, 7) is 0. The highest BCUT2D eigenvalue weighted by Gasteiger charge is 2.08. The third-order valence-corrected chi connectivity index (χ3v) is 2.38. The molecule has 2 rings (SSSR count). The summed E-state index contributed by atoms with van der Waals surface area (Å²) >= 11 is 0. The van der Waals surface area contributed by atoms with Crippen molar-refractivity contribution in [2.75, 3.05) is 0 Å². The van der Waals surface area contributed by atoms with Gasteiger partial charge in [0.1, 0.15) is 5.82 Å². The number of aromatic nitrogens is 1. The Labute approximate surface area is 93.4 Å². The monoisotopic (exact) mass is 217 g/mol. The van der Waals surface area contributed by atoms with Gasteiger partial charge in [0, 0.05) is 12.1 Å². The van der Waals surface area contributed by atoms with E-state index in [0.29, 0.717) is 12.1 Å². The largest absolute Gasteiger partial charge is 0.388 e. The van der Waals surface area contributed by atoms with Crippen molar-refractivity contribution in [3.63, 3.8) is 0 Å². The van der Waals surface area contributed by atoms with E-state index in [4.69, 9.17) is 0 Å². The van der Waals surface area contributed by atoms with Gasteiger partial charge < -0.3 is 5.11 Å². The minimum atomic E-state index is -0.598. The summed E-state index contributed by atoms with van der Waals surface area (Å²) in [5.41, 5.74) is 1.52. The second kappa shape index (κ2) is 4.86. The Morgan fingerprint density at radius 3 is 2.50 bits per heavy atom. The van der Waals surface area contributed by atoms with Crippen LogP contribution < -0.4 is 0 Å². The van der Waals surface area contributed by atoms with Crippen molar-refractivity contribution in [1.82, 2.24) is 4.98 Å². The minimum Gasteiger partial charge on any atom is -0.388 e. The lowest BCUT2D eigenvalue weighted by Crippen LogP contribution is -2.03. The topological polar surface area (TPSA) is 33.1 Å². The van der Waals surface area contributed by atoms with Gasteiger partial charge in [0.2, 0.25) is 0 Å². The number of nitrogens with zero attached hydrogens (tertiary/aromatic N) is 1. The van der Waals surface area contributed by atoms with Crippen molar-refractivity contribution in [3.8, 4) is 0 Å². The SMILES string of the molecule is OC(Cc1ccc(F)cn1)c1ccccc1. The standard InChI is InChI=1S/C13H12FNO/c14-11-6-7-12(15-9-11)8-13(16)10-4-2-1-3-5-10/h1-7,9,13,16H,8H2. The summed E-state index contributed by atoms with van der Waals surface area (Å²) in [6.07, 6.45) is 0.955. The average molecular weight is 217 g/mol. The second-order valence-corrected chi connectivity index (χ2v) is 3.60. The molecule has 0 aliphatic rings. The summed E-state index contributed by atoms with van der Waals surface area (Å²) in [5, 5.41) is 9.91. The molecule has 0 saturated carbocycles. The molecule has 0 amide bonds. The van der Waals surface area contributed by atoms with Crippen LogP contribution in [0, 0.1) is 5.82 Å². The molecular weight excluding hydrogens is 205 g/mol. The predicted octanol–water partition coefficient (Wildman–Crippen LogP) is 2.50. The van der Waals surface area contributed by atoms with Gasteiger partial charge in [-0.05, 0) is 17.7 Å². The number of hydrogen-bond acceptors (Lipinski definition) is 2. The molecule has 1 aromatic carbocycles. The van der Waals surface area contributed by atoms with E-state index in [-0.39, 0.29) is 5.82 Å². The highest BCUT2D eigenvalue weighted by molar-refractivity contribution is 5.19. The van der Waals surface area contributed by atoms with Gasteiger partial charge in [0.25, 0.3) is 0 Å². The molecule has 2 aromatic rings. The molecule has 1 aromatic heterocycles. The number of rotatable bonds is 3. The minimum absolute atomic E-state index is 0.363. The number of benzene rings is 1. The van der Waals surface area contributed by atoms with Gasteiger partial charge in [-0.25, -0.2) is 4.39 Å². The number of aliphatic hydroxyl groups is 1. The third-order valence-electron chi connectivity index (χ3n) is 2.38. The Balaban J connectivity index is 2.08. The number of pyridine rings is 1. The van der Waals surface area contributed by atoms with Crippen molar-refractivity contribution < 1.29 is 9.50 Å². The van der Waals surface area contributed by atoms with Gasteiger partial charge in [-0.15, -0.1) is 0 Å². The molecule has 3 heteroatoms. The van der Waals surface area contributed by atoms with Crippen molar-refractivity contribution in [2.45, 2.75) is 12.5 Å². The highest BCUT2D eigenvalue weighted by Crippen LogP contribution is 2.16. The molecule has 0 bridgehead atoms. The van der Waals surface area contributed by atoms with Crippen LogP contribution in [0.15, 0.2) is 48.7 Å². The van der Waals surface area contributed by atoms with Crippen molar-refractivity contribution in [3.05, 3.63) is 65.7 Å². The first-order valence-electron chi connectivity index (χ1n) is 5.09. The Bertz CT molecular complexity index is 441. The zero-order valence-electron chi connectivity index (χ0n) is 8.68. The van der Waals surface area contributed by atoms with Crippen molar-refractivity contribution in [2.24, 2.45) is 0 Å². The van der Waals surface area contributed by atoms with Gasteiger partial charge in [0.15, 0.2) is 0 Å². The Kier molecular flexibility index (Phi) is 3.27. The molecule has 1 heterocycles. The van der Waals surface area contributed by atoms with Crippen LogP contribution in [0.5, 0.6) is 0 Å². The average Bonchev–Trinajstić information content (AvgIpc) is 2.33. The molecule has 82 valence electrons. The smallest absolute Gasteiger partial charge is 0.141 e. The maximum Gasteiger partial charge on any atom is 0.141 e. The van der Waals surface area contributed by atoms with Crippen LogP contribution in [0.3, 0.4) is 0 Å². The molecule has 0 saturated heterocycles.